The summed E-state index contributed by atoms with van der Waals surface area (Å²) in [5.41, 5.74) is 1.40. The van der Waals surface area contributed by atoms with Crippen LogP contribution in [-0.2, 0) is 14.8 Å². The Morgan fingerprint density at radius 3 is 2.14 bits per heavy atom. The lowest BCUT2D eigenvalue weighted by Gasteiger charge is -2.47. The topological polar surface area (TPSA) is 111 Å². The van der Waals surface area contributed by atoms with Crippen LogP contribution in [0.5, 0.6) is 0 Å². The molecule has 0 N–H and O–H groups in total. The predicted molar refractivity (Wildman–Crippen MR) is 139 cm³/mol. The minimum atomic E-state index is -4.25. The van der Waals surface area contributed by atoms with E-state index in [1.807, 2.05) is 13.8 Å². The molecule has 0 amide bonds. The number of ether oxygens (including phenoxy) is 1. The molecule has 8 heteroatoms. The molecule has 2 atom stereocenters. The molecule has 186 valence electrons. The first-order valence-electron chi connectivity index (χ1n) is 11.5. The molecule has 3 aromatic carbocycles. The number of carbonyl (C=O) groups is 1. The molecule has 3 aromatic rings. The van der Waals surface area contributed by atoms with E-state index >= 15 is 0 Å². The average molecular weight is 512 g/mol. The second-order valence-corrected chi connectivity index (χ2v) is 10.8. The molecule has 0 fully saturated rings. The van der Waals surface area contributed by atoms with Crippen LogP contribution in [0.4, 0.5) is 5.69 Å². The molecule has 0 aromatic heterocycles. The standard InChI is InChI=1S/C29H25N3O4S/c1-5-25-24-16-20(3)8-15-26(24)32(37(34,35)23-13-6-19(2)7-14-23)27(29(25,17-30)18-31)21-9-11-22(12-10-21)28(33)36-4/h5-16,25,27H,1H2,2-4H3/t25-,27-/m1/s1. The van der Waals surface area contributed by atoms with E-state index in [4.69, 9.17) is 4.74 Å². The van der Waals surface area contributed by atoms with Gasteiger partial charge in [0.2, 0.25) is 0 Å². The molecule has 0 saturated carbocycles. The van der Waals surface area contributed by atoms with Gasteiger partial charge in [-0.05, 0) is 55.3 Å². The van der Waals surface area contributed by atoms with E-state index in [0.29, 0.717) is 16.8 Å². The summed E-state index contributed by atoms with van der Waals surface area (Å²) < 4.78 is 34.5. The second-order valence-electron chi connectivity index (χ2n) is 9.00. The lowest BCUT2D eigenvalue weighted by molar-refractivity contribution is 0.0600. The highest BCUT2D eigenvalue weighted by Crippen LogP contribution is 2.57. The van der Waals surface area contributed by atoms with Crippen LogP contribution in [0.25, 0.3) is 0 Å². The fourth-order valence-electron chi connectivity index (χ4n) is 4.87. The lowest BCUT2D eigenvalue weighted by Crippen LogP contribution is -2.50. The van der Waals surface area contributed by atoms with Gasteiger partial charge in [-0.1, -0.05) is 53.6 Å². The molecular formula is C29H25N3O4S. The quantitative estimate of drug-likeness (QED) is 0.338. The maximum absolute atomic E-state index is 14.3. The number of hydrogen-bond acceptors (Lipinski definition) is 6. The Morgan fingerprint density at radius 1 is 1.00 bits per heavy atom. The summed E-state index contributed by atoms with van der Waals surface area (Å²) in [4.78, 5) is 12.1. The van der Waals surface area contributed by atoms with Crippen LogP contribution in [0.15, 0.2) is 84.3 Å². The van der Waals surface area contributed by atoms with Gasteiger partial charge in [0.15, 0.2) is 5.41 Å². The van der Waals surface area contributed by atoms with Gasteiger partial charge in [-0.3, -0.25) is 4.31 Å². The minimum absolute atomic E-state index is 0.0302. The van der Waals surface area contributed by atoms with E-state index in [9.17, 15) is 23.7 Å². The number of allylic oxidation sites excluding steroid dienone is 1. The number of nitriles is 2. The highest BCUT2D eigenvalue weighted by Gasteiger charge is 2.57. The van der Waals surface area contributed by atoms with Crippen molar-refractivity contribution in [3.05, 3.63) is 107 Å². The fourth-order valence-corrected chi connectivity index (χ4v) is 6.57. The van der Waals surface area contributed by atoms with Gasteiger partial charge in [-0.15, -0.1) is 6.58 Å². The molecule has 7 nitrogen and oxygen atoms in total. The first-order chi connectivity index (χ1) is 17.6. The SMILES string of the molecule is C=C[C@@H]1c2cc(C)ccc2N(S(=O)(=O)c2ccc(C)cc2)[C@H](c2ccc(C(=O)OC)cc2)C1(C#N)C#N. The summed E-state index contributed by atoms with van der Waals surface area (Å²) >= 11 is 0. The zero-order valence-electron chi connectivity index (χ0n) is 20.7. The number of hydrogen-bond donors (Lipinski definition) is 0. The Labute approximate surface area is 216 Å². The summed E-state index contributed by atoms with van der Waals surface area (Å²) in [6, 6.07) is 20.9. The number of benzene rings is 3. The van der Waals surface area contributed by atoms with Gasteiger partial charge in [0.05, 0.1) is 35.4 Å². The number of sulfonamides is 1. The highest BCUT2D eigenvalue weighted by molar-refractivity contribution is 7.92. The van der Waals surface area contributed by atoms with Gasteiger partial charge in [0.1, 0.15) is 6.04 Å². The zero-order chi connectivity index (χ0) is 27.0. The Kier molecular flexibility index (Phi) is 6.64. The van der Waals surface area contributed by atoms with E-state index in [-0.39, 0.29) is 10.5 Å². The summed E-state index contributed by atoms with van der Waals surface area (Å²) in [6.07, 6.45) is 1.52. The third-order valence-corrected chi connectivity index (χ3v) is 8.54. The molecule has 0 radical (unpaired) electrons. The van der Waals surface area contributed by atoms with E-state index in [2.05, 4.69) is 18.7 Å². The van der Waals surface area contributed by atoms with Crippen molar-refractivity contribution in [2.45, 2.75) is 30.7 Å². The highest BCUT2D eigenvalue weighted by atomic mass is 32.2. The van der Waals surface area contributed by atoms with Crippen molar-refractivity contribution in [1.82, 2.24) is 0 Å². The van der Waals surface area contributed by atoms with Gasteiger partial charge in [0.25, 0.3) is 10.0 Å². The van der Waals surface area contributed by atoms with Crippen LogP contribution < -0.4 is 4.31 Å². The van der Waals surface area contributed by atoms with E-state index in [1.165, 1.54) is 41.8 Å². The Hall–Kier alpha value is -4.40. The first-order valence-corrected chi connectivity index (χ1v) is 12.9. The first kappa shape index (κ1) is 25.7. The smallest absolute Gasteiger partial charge is 0.337 e. The normalized spacial score (nSPS) is 18.1. The maximum Gasteiger partial charge on any atom is 0.337 e. The van der Waals surface area contributed by atoms with Crippen molar-refractivity contribution in [2.75, 3.05) is 11.4 Å². The third-order valence-electron chi connectivity index (χ3n) is 6.74. The van der Waals surface area contributed by atoms with Crippen LogP contribution in [0.1, 0.15) is 44.6 Å². The molecular weight excluding hydrogens is 486 g/mol. The monoisotopic (exact) mass is 511 g/mol. The summed E-state index contributed by atoms with van der Waals surface area (Å²) in [7, 11) is -2.99. The number of methoxy groups -OCH3 is 1. The van der Waals surface area contributed by atoms with E-state index in [1.54, 1.807) is 42.5 Å². The average Bonchev–Trinajstić information content (AvgIpc) is 2.91. The van der Waals surface area contributed by atoms with E-state index in [0.717, 1.165) is 11.1 Å². The van der Waals surface area contributed by atoms with Gasteiger partial charge < -0.3 is 4.74 Å². The molecule has 0 bridgehead atoms. The summed E-state index contributed by atoms with van der Waals surface area (Å²) in [5.74, 6) is -1.34. The number of esters is 1. The van der Waals surface area contributed by atoms with Crippen LogP contribution in [0, 0.1) is 41.9 Å². The molecule has 0 spiro atoms. The number of anilines is 1. The van der Waals surface area contributed by atoms with Crippen LogP contribution >= 0.6 is 0 Å². The number of fused-ring (bicyclic) bond motifs is 1. The van der Waals surface area contributed by atoms with Gasteiger partial charge in [-0.2, -0.15) is 10.5 Å². The van der Waals surface area contributed by atoms with Crippen molar-refractivity contribution >= 4 is 21.7 Å². The molecule has 4 rings (SSSR count). The maximum atomic E-state index is 14.3. The molecule has 1 aliphatic rings. The lowest BCUT2D eigenvalue weighted by atomic mass is 9.64. The zero-order valence-corrected chi connectivity index (χ0v) is 21.5. The molecule has 37 heavy (non-hydrogen) atoms. The Balaban J connectivity index is 2.09. The molecule has 0 unspecified atom stereocenters. The molecule has 0 saturated heterocycles. The Bertz CT molecular complexity index is 1550. The number of carbonyl (C=O) groups excluding carboxylic acids is 1. The minimum Gasteiger partial charge on any atom is -0.465 e. The number of aryl methyl sites for hydroxylation is 2. The van der Waals surface area contributed by atoms with Crippen LogP contribution in [0.3, 0.4) is 0 Å². The van der Waals surface area contributed by atoms with Crippen molar-refractivity contribution in [1.29, 1.82) is 10.5 Å². The third kappa shape index (κ3) is 4.06. The fraction of sp³-hybridized carbons (Fsp3) is 0.207. The van der Waals surface area contributed by atoms with Gasteiger partial charge in [-0.25, -0.2) is 13.2 Å². The van der Waals surface area contributed by atoms with Crippen molar-refractivity contribution in [3.63, 3.8) is 0 Å². The van der Waals surface area contributed by atoms with E-state index < -0.39 is 33.4 Å². The van der Waals surface area contributed by atoms with Gasteiger partial charge >= 0.3 is 5.97 Å². The second kappa shape index (κ2) is 9.57. The predicted octanol–water partition coefficient (Wildman–Crippen LogP) is 5.34. The largest absolute Gasteiger partial charge is 0.465 e. The summed E-state index contributed by atoms with van der Waals surface area (Å²) in [6.45, 7) is 7.62. The number of rotatable bonds is 5. The number of nitrogens with zero attached hydrogens (tertiary/aromatic N) is 3. The van der Waals surface area contributed by atoms with Crippen LogP contribution in [-0.4, -0.2) is 21.5 Å². The molecule has 1 heterocycles. The molecule has 1 aliphatic heterocycles. The van der Waals surface area contributed by atoms with Crippen molar-refractivity contribution in [3.8, 4) is 12.1 Å². The van der Waals surface area contributed by atoms with Crippen molar-refractivity contribution < 1.29 is 17.9 Å². The van der Waals surface area contributed by atoms with Crippen LogP contribution in [0.2, 0.25) is 0 Å². The van der Waals surface area contributed by atoms with Crippen molar-refractivity contribution in [2.24, 2.45) is 5.41 Å². The van der Waals surface area contributed by atoms with Gasteiger partial charge in [0, 0.05) is 5.92 Å². The summed E-state index contributed by atoms with van der Waals surface area (Å²) in [5, 5.41) is 21.1. The molecule has 0 aliphatic carbocycles. The Morgan fingerprint density at radius 2 is 1.59 bits per heavy atom.